The van der Waals surface area contributed by atoms with E-state index in [1.807, 2.05) is 6.92 Å². The van der Waals surface area contributed by atoms with Crippen molar-refractivity contribution in [3.63, 3.8) is 0 Å². The number of nitrogens with two attached hydrogens (primary N) is 1. The van der Waals surface area contributed by atoms with Crippen LogP contribution in [0.15, 0.2) is 0 Å². The van der Waals surface area contributed by atoms with Gasteiger partial charge in [0.1, 0.15) is 18.2 Å². The van der Waals surface area contributed by atoms with Crippen LogP contribution < -0.4 is 5.73 Å². The van der Waals surface area contributed by atoms with Crippen molar-refractivity contribution in [3.05, 3.63) is 0 Å². The van der Waals surface area contributed by atoms with E-state index in [1.165, 1.54) is 0 Å². The number of hydrogen-bond donors (Lipinski definition) is 1. The Bertz CT molecular complexity index is 464. The highest BCUT2D eigenvalue weighted by Crippen LogP contribution is 2.26. The van der Waals surface area contributed by atoms with Gasteiger partial charge in [0.2, 0.25) is 0 Å². The number of hydrogen-bond acceptors (Lipinski definition) is 7. The maximum Gasteiger partial charge on any atom is 0.327 e. The summed E-state index contributed by atoms with van der Waals surface area (Å²) in [4.78, 5) is 36.7. The van der Waals surface area contributed by atoms with Crippen LogP contribution in [0.1, 0.15) is 53.9 Å². The van der Waals surface area contributed by atoms with Crippen LogP contribution in [0.2, 0.25) is 0 Å². The van der Waals surface area contributed by atoms with Gasteiger partial charge in [-0.2, -0.15) is 0 Å². The van der Waals surface area contributed by atoms with E-state index in [-0.39, 0.29) is 5.92 Å². The molecule has 0 aromatic carbocycles. The van der Waals surface area contributed by atoms with Crippen molar-refractivity contribution < 1.29 is 28.6 Å². The van der Waals surface area contributed by atoms with Crippen LogP contribution in [-0.2, 0) is 28.6 Å². The number of esters is 3. The van der Waals surface area contributed by atoms with Gasteiger partial charge in [-0.05, 0) is 20.3 Å². The van der Waals surface area contributed by atoms with Gasteiger partial charge in [-0.3, -0.25) is 14.4 Å². The average molecular weight is 343 g/mol. The van der Waals surface area contributed by atoms with E-state index in [0.717, 1.165) is 12.8 Å². The minimum atomic E-state index is -1.07. The maximum absolute atomic E-state index is 12.6. The summed E-state index contributed by atoms with van der Waals surface area (Å²) >= 11 is 0. The predicted octanol–water partition coefficient (Wildman–Crippen LogP) is 1.56. The van der Waals surface area contributed by atoms with E-state index in [4.69, 9.17) is 19.9 Å². The van der Waals surface area contributed by atoms with Gasteiger partial charge in [0.15, 0.2) is 6.10 Å². The normalized spacial score (nSPS) is 31.5. The third-order valence-electron chi connectivity index (χ3n) is 4.14. The molecular formula is C17H29NO6. The summed E-state index contributed by atoms with van der Waals surface area (Å²) in [6.45, 7) is 8.55. The Hall–Kier alpha value is -1.63. The van der Waals surface area contributed by atoms with Gasteiger partial charge in [-0.15, -0.1) is 0 Å². The van der Waals surface area contributed by atoms with E-state index in [0.29, 0.717) is 6.42 Å². The van der Waals surface area contributed by atoms with Gasteiger partial charge >= 0.3 is 17.9 Å². The number of ether oxygens (including phenoxy) is 3. The molecule has 1 rings (SSSR count). The van der Waals surface area contributed by atoms with Gasteiger partial charge in [-0.25, -0.2) is 0 Å². The molecule has 0 unspecified atom stereocenters. The average Bonchev–Trinajstić information content (AvgIpc) is 2.53. The van der Waals surface area contributed by atoms with Crippen molar-refractivity contribution in [3.8, 4) is 0 Å². The third-order valence-corrected chi connectivity index (χ3v) is 4.14. The largest absolute Gasteiger partial charge is 0.460 e. The molecule has 0 aliphatic carbocycles. The standard InChI is InChI=1S/C17H29NO6/c1-6-7-8-12-14(24-15(19)9(2)3)11(5)23-17(21)13(18)10(4)22-16(12)20/h9-14H,6-8,18H2,1-5H3/t10-,11+,12-,13+,14+/m1/s1. The van der Waals surface area contributed by atoms with Gasteiger partial charge in [-0.1, -0.05) is 33.6 Å². The Morgan fingerprint density at radius 3 is 2.29 bits per heavy atom. The Balaban J connectivity index is 3.14. The van der Waals surface area contributed by atoms with Gasteiger partial charge < -0.3 is 19.9 Å². The molecule has 5 atom stereocenters. The molecule has 1 fully saturated rings. The first-order valence-corrected chi connectivity index (χ1v) is 8.56. The fraction of sp³-hybridized carbons (Fsp3) is 0.824. The van der Waals surface area contributed by atoms with Gasteiger partial charge in [0, 0.05) is 0 Å². The zero-order valence-corrected chi connectivity index (χ0v) is 15.1. The second-order valence-electron chi connectivity index (χ2n) is 6.61. The smallest absolute Gasteiger partial charge is 0.327 e. The van der Waals surface area contributed by atoms with Crippen molar-refractivity contribution in [1.29, 1.82) is 0 Å². The van der Waals surface area contributed by atoms with Crippen LogP contribution in [0.3, 0.4) is 0 Å². The van der Waals surface area contributed by atoms with E-state index in [9.17, 15) is 14.4 Å². The zero-order valence-electron chi connectivity index (χ0n) is 15.1. The Labute approximate surface area is 143 Å². The highest BCUT2D eigenvalue weighted by molar-refractivity contribution is 5.80. The maximum atomic E-state index is 12.6. The lowest BCUT2D eigenvalue weighted by atomic mass is 9.92. The summed E-state index contributed by atoms with van der Waals surface area (Å²) in [5, 5.41) is 0. The molecule has 1 heterocycles. The Kier molecular flexibility index (Phi) is 7.66. The first-order chi connectivity index (χ1) is 11.2. The molecular weight excluding hydrogens is 314 g/mol. The van der Waals surface area contributed by atoms with Crippen LogP contribution in [0.4, 0.5) is 0 Å². The second-order valence-corrected chi connectivity index (χ2v) is 6.61. The van der Waals surface area contributed by atoms with Crippen LogP contribution >= 0.6 is 0 Å². The minimum absolute atomic E-state index is 0.357. The number of unbranched alkanes of at least 4 members (excludes halogenated alkanes) is 1. The molecule has 7 nitrogen and oxygen atoms in total. The summed E-state index contributed by atoms with van der Waals surface area (Å²) in [6.07, 6.45) is -0.365. The summed E-state index contributed by atoms with van der Waals surface area (Å²) in [5.41, 5.74) is 5.77. The minimum Gasteiger partial charge on any atom is -0.460 e. The predicted molar refractivity (Wildman–Crippen MR) is 86.8 cm³/mol. The highest BCUT2D eigenvalue weighted by atomic mass is 16.6. The fourth-order valence-corrected chi connectivity index (χ4v) is 2.48. The van der Waals surface area contributed by atoms with E-state index in [2.05, 4.69) is 0 Å². The first kappa shape index (κ1) is 20.4. The van der Waals surface area contributed by atoms with Crippen LogP contribution in [0, 0.1) is 11.8 Å². The molecule has 1 aliphatic heterocycles. The number of rotatable bonds is 5. The monoisotopic (exact) mass is 343 g/mol. The first-order valence-electron chi connectivity index (χ1n) is 8.56. The molecule has 2 N–H and O–H groups in total. The third kappa shape index (κ3) is 5.19. The molecule has 0 aromatic rings. The van der Waals surface area contributed by atoms with Crippen LogP contribution in [-0.4, -0.2) is 42.3 Å². The topological polar surface area (TPSA) is 105 Å². The molecule has 24 heavy (non-hydrogen) atoms. The quantitative estimate of drug-likeness (QED) is 0.596. The summed E-state index contributed by atoms with van der Waals surface area (Å²) in [7, 11) is 0. The zero-order chi connectivity index (χ0) is 18.4. The molecule has 0 radical (unpaired) electrons. The van der Waals surface area contributed by atoms with Crippen LogP contribution in [0.25, 0.3) is 0 Å². The lowest BCUT2D eigenvalue weighted by Gasteiger charge is -2.29. The number of carbonyl (C=O) groups excluding carboxylic acids is 3. The number of cyclic esters (lactones) is 2. The van der Waals surface area contributed by atoms with Gasteiger partial charge in [0.25, 0.3) is 0 Å². The van der Waals surface area contributed by atoms with Crippen molar-refractivity contribution in [2.45, 2.75) is 78.2 Å². The van der Waals surface area contributed by atoms with Crippen molar-refractivity contribution in [2.75, 3.05) is 0 Å². The molecule has 138 valence electrons. The summed E-state index contributed by atoms with van der Waals surface area (Å²) in [5.74, 6) is -2.69. The summed E-state index contributed by atoms with van der Waals surface area (Å²) < 4.78 is 16.2. The highest BCUT2D eigenvalue weighted by Gasteiger charge is 2.42. The lowest BCUT2D eigenvalue weighted by molar-refractivity contribution is -0.177. The molecule has 0 spiro atoms. The molecule has 1 aliphatic rings. The molecule has 0 bridgehead atoms. The Morgan fingerprint density at radius 1 is 1.17 bits per heavy atom. The number of carbonyl (C=O) groups is 3. The molecule has 0 amide bonds. The second kappa shape index (κ2) is 9.01. The van der Waals surface area contributed by atoms with E-state index < -0.39 is 48.2 Å². The van der Waals surface area contributed by atoms with Gasteiger partial charge in [0.05, 0.1) is 11.8 Å². The molecule has 0 saturated carbocycles. The van der Waals surface area contributed by atoms with Crippen molar-refractivity contribution >= 4 is 17.9 Å². The fourth-order valence-electron chi connectivity index (χ4n) is 2.48. The lowest BCUT2D eigenvalue weighted by Crippen LogP contribution is -2.44. The van der Waals surface area contributed by atoms with Crippen molar-refractivity contribution in [1.82, 2.24) is 0 Å². The Morgan fingerprint density at radius 2 is 1.75 bits per heavy atom. The molecule has 7 heteroatoms. The van der Waals surface area contributed by atoms with E-state index >= 15 is 0 Å². The summed E-state index contributed by atoms with van der Waals surface area (Å²) in [6, 6.07) is -1.07. The van der Waals surface area contributed by atoms with Crippen molar-refractivity contribution in [2.24, 2.45) is 17.6 Å². The molecule has 0 aromatic heterocycles. The van der Waals surface area contributed by atoms with E-state index in [1.54, 1.807) is 27.7 Å². The SMILES string of the molecule is CCCC[C@H]1C(=O)O[C@H](C)[C@H](N)C(=O)O[C@@H](C)[C@@H]1OC(=O)C(C)C. The molecule has 1 saturated heterocycles. The van der Waals surface area contributed by atoms with Crippen LogP contribution in [0.5, 0.6) is 0 Å².